The number of methoxy groups -OCH3 is 1. The summed E-state index contributed by atoms with van der Waals surface area (Å²) >= 11 is 1.55. The Kier molecular flexibility index (Phi) is 4.94. The van der Waals surface area contributed by atoms with Crippen molar-refractivity contribution in [2.45, 2.75) is 13.8 Å². The standard InChI is InChI=1S/C23H18O5S/c1-13-8-9-29-20(13)12-19-22(24)21-14(2)10-17(11-18(21)28-19)27-23(25)15-4-6-16(26-3)7-5-15/h4-12H,1-3H3/b19-12-. The van der Waals surface area contributed by atoms with Gasteiger partial charge in [-0.05, 0) is 66.8 Å². The topological polar surface area (TPSA) is 61.8 Å². The van der Waals surface area contributed by atoms with Crippen molar-refractivity contribution in [2.24, 2.45) is 0 Å². The fourth-order valence-corrected chi connectivity index (χ4v) is 3.93. The molecule has 0 atom stereocenters. The molecule has 0 N–H and O–H groups in total. The Balaban J connectivity index is 1.59. The van der Waals surface area contributed by atoms with Gasteiger partial charge in [-0.1, -0.05) is 0 Å². The van der Waals surface area contributed by atoms with Crippen LogP contribution >= 0.6 is 11.3 Å². The average Bonchev–Trinajstić information content (AvgIpc) is 3.25. The zero-order chi connectivity index (χ0) is 20.5. The SMILES string of the molecule is COc1ccc(C(=O)Oc2cc(C)c3c(c2)O/C(=C\c2sccc2C)C3=O)cc1. The fraction of sp³-hybridized carbons (Fsp3) is 0.130. The number of esters is 1. The number of ketones is 1. The molecule has 0 spiro atoms. The van der Waals surface area contributed by atoms with Crippen LogP contribution in [0.4, 0.5) is 0 Å². The van der Waals surface area contributed by atoms with Crippen molar-refractivity contribution >= 4 is 29.2 Å². The van der Waals surface area contributed by atoms with Crippen LogP contribution < -0.4 is 14.2 Å². The van der Waals surface area contributed by atoms with Crippen LogP contribution in [0, 0.1) is 13.8 Å². The number of Topliss-reactive ketones (excluding diaryl/α,β-unsaturated/α-hetero) is 1. The molecule has 4 rings (SSSR count). The lowest BCUT2D eigenvalue weighted by atomic mass is 10.0. The smallest absolute Gasteiger partial charge is 0.343 e. The van der Waals surface area contributed by atoms with Gasteiger partial charge in [-0.2, -0.15) is 0 Å². The molecule has 0 saturated carbocycles. The number of hydrogen-bond acceptors (Lipinski definition) is 6. The van der Waals surface area contributed by atoms with Crippen molar-refractivity contribution in [2.75, 3.05) is 7.11 Å². The van der Waals surface area contributed by atoms with Gasteiger partial charge in [-0.25, -0.2) is 4.79 Å². The van der Waals surface area contributed by atoms with Crippen LogP contribution in [0.3, 0.4) is 0 Å². The molecule has 0 radical (unpaired) electrons. The molecule has 29 heavy (non-hydrogen) atoms. The lowest BCUT2D eigenvalue weighted by Gasteiger charge is -2.08. The van der Waals surface area contributed by atoms with Crippen LogP contribution in [0.2, 0.25) is 0 Å². The number of thiophene rings is 1. The summed E-state index contributed by atoms with van der Waals surface area (Å²) in [6, 6.07) is 11.9. The minimum absolute atomic E-state index is 0.168. The first kappa shape index (κ1) is 19.0. The number of aryl methyl sites for hydroxylation is 2. The largest absolute Gasteiger partial charge is 0.497 e. The molecule has 5 nitrogen and oxygen atoms in total. The second kappa shape index (κ2) is 7.56. The summed E-state index contributed by atoms with van der Waals surface area (Å²) in [5, 5.41) is 1.97. The molecule has 1 aromatic heterocycles. The van der Waals surface area contributed by atoms with Crippen LogP contribution in [0.5, 0.6) is 17.2 Å². The van der Waals surface area contributed by atoms with Crippen LogP contribution in [0.25, 0.3) is 6.08 Å². The molecule has 1 aliphatic rings. The molecule has 0 aliphatic carbocycles. The Hall–Kier alpha value is -3.38. The number of rotatable bonds is 4. The van der Waals surface area contributed by atoms with Crippen molar-refractivity contribution in [1.29, 1.82) is 0 Å². The van der Waals surface area contributed by atoms with Crippen molar-refractivity contribution in [3.8, 4) is 17.2 Å². The molecule has 146 valence electrons. The number of fused-ring (bicyclic) bond motifs is 1. The zero-order valence-corrected chi connectivity index (χ0v) is 17.0. The highest BCUT2D eigenvalue weighted by Crippen LogP contribution is 2.38. The highest BCUT2D eigenvalue weighted by molar-refractivity contribution is 7.11. The fourth-order valence-electron chi connectivity index (χ4n) is 3.08. The summed E-state index contributed by atoms with van der Waals surface area (Å²) in [4.78, 5) is 26.2. The van der Waals surface area contributed by atoms with Gasteiger partial charge in [0.2, 0.25) is 5.78 Å². The highest BCUT2D eigenvalue weighted by Gasteiger charge is 2.30. The maximum atomic E-state index is 12.8. The third kappa shape index (κ3) is 3.67. The molecule has 6 heteroatoms. The summed E-state index contributed by atoms with van der Waals surface area (Å²) < 4.78 is 16.4. The molecule has 2 heterocycles. The van der Waals surface area contributed by atoms with E-state index < -0.39 is 5.97 Å². The molecule has 0 fully saturated rings. The summed E-state index contributed by atoms with van der Waals surface area (Å²) in [7, 11) is 1.56. The lowest BCUT2D eigenvalue weighted by molar-refractivity contribution is 0.0734. The van der Waals surface area contributed by atoms with E-state index in [1.165, 1.54) is 0 Å². The minimum atomic E-state index is -0.499. The van der Waals surface area contributed by atoms with Crippen LogP contribution in [0.15, 0.2) is 53.6 Å². The summed E-state index contributed by atoms with van der Waals surface area (Å²) in [5.74, 6) is 0.977. The van der Waals surface area contributed by atoms with Gasteiger partial charge in [-0.3, -0.25) is 4.79 Å². The maximum absolute atomic E-state index is 12.8. The summed E-state index contributed by atoms with van der Waals surface area (Å²) in [6.45, 7) is 3.78. The molecule has 3 aromatic rings. The van der Waals surface area contributed by atoms with E-state index in [-0.39, 0.29) is 11.5 Å². The molecular weight excluding hydrogens is 388 g/mol. The van der Waals surface area contributed by atoms with Gasteiger partial charge in [0.1, 0.15) is 17.2 Å². The van der Waals surface area contributed by atoms with Crippen LogP contribution in [-0.4, -0.2) is 18.9 Å². The molecule has 0 amide bonds. The lowest BCUT2D eigenvalue weighted by Crippen LogP contribution is -2.08. The molecule has 0 unspecified atom stereocenters. The molecular formula is C23H18O5S. The van der Waals surface area contributed by atoms with Gasteiger partial charge in [0, 0.05) is 17.0 Å². The van der Waals surface area contributed by atoms with Gasteiger partial charge in [0.15, 0.2) is 5.76 Å². The first-order valence-electron chi connectivity index (χ1n) is 8.95. The third-order valence-electron chi connectivity index (χ3n) is 4.64. The van der Waals surface area contributed by atoms with E-state index in [2.05, 4.69) is 0 Å². The predicted molar refractivity (Wildman–Crippen MR) is 111 cm³/mol. The first-order valence-corrected chi connectivity index (χ1v) is 9.83. The normalized spacial score (nSPS) is 13.9. The Bertz CT molecular complexity index is 1140. The Morgan fingerprint density at radius 3 is 2.45 bits per heavy atom. The van der Waals surface area contributed by atoms with Crippen molar-refractivity contribution in [1.82, 2.24) is 0 Å². The van der Waals surface area contributed by atoms with Gasteiger partial charge in [0.05, 0.1) is 18.2 Å². The van der Waals surface area contributed by atoms with Crippen molar-refractivity contribution in [3.05, 3.63) is 80.7 Å². The van der Waals surface area contributed by atoms with Crippen molar-refractivity contribution in [3.63, 3.8) is 0 Å². The quantitative estimate of drug-likeness (QED) is 0.338. The monoisotopic (exact) mass is 406 g/mol. The minimum Gasteiger partial charge on any atom is -0.497 e. The number of carbonyl (C=O) groups is 2. The molecule has 1 aliphatic heterocycles. The Morgan fingerprint density at radius 2 is 1.79 bits per heavy atom. The number of carbonyl (C=O) groups excluding carboxylic acids is 2. The highest BCUT2D eigenvalue weighted by atomic mass is 32.1. The van der Waals surface area contributed by atoms with Crippen LogP contribution in [-0.2, 0) is 0 Å². The van der Waals surface area contributed by atoms with E-state index in [0.717, 1.165) is 10.4 Å². The maximum Gasteiger partial charge on any atom is 0.343 e. The molecule has 0 saturated heterocycles. The van der Waals surface area contributed by atoms with E-state index in [1.54, 1.807) is 67.8 Å². The number of ether oxygens (including phenoxy) is 3. The van der Waals surface area contributed by atoms with E-state index in [0.29, 0.717) is 33.9 Å². The van der Waals surface area contributed by atoms with Gasteiger partial charge < -0.3 is 14.2 Å². The third-order valence-corrected chi connectivity index (χ3v) is 5.61. The van der Waals surface area contributed by atoms with Gasteiger partial charge in [0.25, 0.3) is 0 Å². The molecule has 2 aromatic carbocycles. The van der Waals surface area contributed by atoms with E-state index in [1.807, 2.05) is 18.4 Å². The van der Waals surface area contributed by atoms with Gasteiger partial charge >= 0.3 is 5.97 Å². The summed E-state index contributed by atoms with van der Waals surface area (Å²) in [6.07, 6.45) is 1.75. The average molecular weight is 406 g/mol. The number of hydrogen-bond donors (Lipinski definition) is 0. The Labute approximate surface area is 172 Å². The summed E-state index contributed by atoms with van der Waals surface area (Å²) in [5.41, 5.74) is 2.67. The first-order chi connectivity index (χ1) is 14.0. The van der Waals surface area contributed by atoms with E-state index in [4.69, 9.17) is 14.2 Å². The number of benzene rings is 2. The van der Waals surface area contributed by atoms with Crippen molar-refractivity contribution < 1.29 is 23.8 Å². The van der Waals surface area contributed by atoms with Gasteiger partial charge in [-0.15, -0.1) is 11.3 Å². The second-order valence-corrected chi connectivity index (χ2v) is 7.59. The molecule has 0 bridgehead atoms. The van der Waals surface area contributed by atoms with E-state index in [9.17, 15) is 9.59 Å². The predicted octanol–water partition coefficient (Wildman–Crippen LogP) is 5.21. The zero-order valence-electron chi connectivity index (χ0n) is 16.1. The Morgan fingerprint density at radius 1 is 1.03 bits per heavy atom. The second-order valence-electron chi connectivity index (χ2n) is 6.64. The van der Waals surface area contributed by atoms with E-state index >= 15 is 0 Å². The van der Waals surface area contributed by atoms with Crippen LogP contribution in [0.1, 0.15) is 36.7 Å². The number of allylic oxidation sites excluding steroid dienone is 1.